The normalized spacial score (nSPS) is 10.2. The van der Waals surface area contributed by atoms with E-state index in [1.54, 1.807) is 30.5 Å². The molecule has 0 atom stereocenters. The van der Waals surface area contributed by atoms with Crippen molar-refractivity contribution < 1.29 is 14.3 Å². The van der Waals surface area contributed by atoms with Gasteiger partial charge in [-0.15, -0.1) is 0 Å². The number of benzene rings is 1. The van der Waals surface area contributed by atoms with E-state index in [9.17, 15) is 9.90 Å². The van der Waals surface area contributed by atoms with Crippen molar-refractivity contribution in [1.82, 2.24) is 0 Å². The van der Waals surface area contributed by atoms with Gasteiger partial charge in [0.2, 0.25) is 0 Å². The van der Waals surface area contributed by atoms with Gasteiger partial charge in [-0.3, -0.25) is 4.79 Å². The molecule has 3 nitrogen and oxygen atoms in total. The Labute approximate surface area is 87.0 Å². The first-order chi connectivity index (χ1) is 7.16. The van der Waals surface area contributed by atoms with E-state index in [4.69, 9.17) is 4.42 Å². The predicted molar refractivity (Wildman–Crippen MR) is 55.8 cm³/mol. The molecule has 2 rings (SSSR count). The van der Waals surface area contributed by atoms with Crippen LogP contribution in [0.2, 0.25) is 0 Å². The molecule has 1 aromatic carbocycles. The van der Waals surface area contributed by atoms with Crippen LogP contribution in [0.1, 0.15) is 17.3 Å². The lowest BCUT2D eigenvalue weighted by Crippen LogP contribution is -1.91. The highest BCUT2D eigenvalue weighted by molar-refractivity contribution is 5.95. The molecule has 0 aliphatic rings. The maximum absolute atomic E-state index is 11.2. The highest BCUT2D eigenvalue weighted by atomic mass is 16.3. The van der Waals surface area contributed by atoms with Gasteiger partial charge in [-0.1, -0.05) is 0 Å². The van der Waals surface area contributed by atoms with Crippen molar-refractivity contribution in [3.63, 3.8) is 0 Å². The van der Waals surface area contributed by atoms with Gasteiger partial charge in [-0.25, -0.2) is 0 Å². The van der Waals surface area contributed by atoms with E-state index in [1.165, 1.54) is 13.0 Å². The molecule has 2 aromatic rings. The van der Waals surface area contributed by atoms with E-state index in [-0.39, 0.29) is 11.5 Å². The maximum Gasteiger partial charge on any atom is 0.159 e. The lowest BCUT2D eigenvalue weighted by molar-refractivity contribution is 0.101. The smallest absolute Gasteiger partial charge is 0.159 e. The minimum atomic E-state index is -0.0845. The number of hydrogen-bond donors (Lipinski definition) is 1. The summed E-state index contributed by atoms with van der Waals surface area (Å²) in [6.45, 7) is 1.46. The number of carbonyl (C=O) groups excluding carboxylic acids is 1. The minimum absolute atomic E-state index is 0.0640. The summed E-state index contributed by atoms with van der Waals surface area (Å²) in [5, 5.41) is 9.45. The van der Waals surface area contributed by atoms with Crippen LogP contribution in [-0.2, 0) is 0 Å². The van der Waals surface area contributed by atoms with Crippen LogP contribution in [0.4, 0.5) is 0 Å². The number of phenols is 1. The van der Waals surface area contributed by atoms with Crippen LogP contribution in [0, 0.1) is 0 Å². The molecule has 0 radical (unpaired) electrons. The van der Waals surface area contributed by atoms with Crippen molar-refractivity contribution in [2.75, 3.05) is 0 Å². The highest BCUT2D eigenvalue weighted by Gasteiger charge is 2.07. The molecule has 0 bridgehead atoms. The summed E-state index contributed by atoms with van der Waals surface area (Å²) in [6.07, 6.45) is 1.55. The molecule has 0 spiro atoms. The topological polar surface area (TPSA) is 50.4 Å². The average Bonchev–Trinajstić information content (AvgIpc) is 2.69. The largest absolute Gasteiger partial charge is 0.508 e. The Morgan fingerprint density at radius 1 is 1.33 bits per heavy atom. The van der Waals surface area contributed by atoms with Crippen molar-refractivity contribution in [3.8, 4) is 17.1 Å². The Morgan fingerprint density at radius 3 is 2.73 bits per heavy atom. The van der Waals surface area contributed by atoms with Crippen LogP contribution >= 0.6 is 0 Å². The third-order valence-corrected chi connectivity index (χ3v) is 2.13. The third-order valence-electron chi connectivity index (χ3n) is 2.13. The van der Waals surface area contributed by atoms with Crippen molar-refractivity contribution in [2.45, 2.75) is 6.92 Å². The Balaban J connectivity index is 2.54. The van der Waals surface area contributed by atoms with Crippen molar-refractivity contribution in [1.29, 1.82) is 0 Å². The summed E-state index contributed by atoms with van der Waals surface area (Å²) >= 11 is 0. The van der Waals surface area contributed by atoms with Crippen molar-refractivity contribution in [2.24, 2.45) is 0 Å². The summed E-state index contributed by atoms with van der Waals surface area (Å²) in [4.78, 5) is 11.2. The van der Waals surface area contributed by atoms with Crippen LogP contribution in [0.25, 0.3) is 11.3 Å². The van der Waals surface area contributed by atoms with E-state index >= 15 is 0 Å². The Bertz CT molecular complexity index is 484. The molecule has 0 saturated heterocycles. The SMILES string of the molecule is CC(=O)c1cc(O)cc(-c2ccco2)c1. The number of rotatable bonds is 2. The summed E-state index contributed by atoms with van der Waals surface area (Å²) in [6, 6.07) is 8.23. The fourth-order valence-electron chi connectivity index (χ4n) is 1.40. The van der Waals surface area contributed by atoms with Gasteiger partial charge in [0.25, 0.3) is 0 Å². The Kier molecular flexibility index (Phi) is 2.29. The molecule has 1 N–H and O–H groups in total. The molecule has 0 saturated carbocycles. The van der Waals surface area contributed by atoms with Gasteiger partial charge in [0.1, 0.15) is 11.5 Å². The second-order valence-electron chi connectivity index (χ2n) is 3.30. The highest BCUT2D eigenvalue weighted by Crippen LogP contribution is 2.25. The number of phenolic OH excluding ortho intramolecular Hbond substituents is 1. The summed E-state index contributed by atoms with van der Waals surface area (Å²) < 4.78 is 5.19. The standard InChI is InChI=1S/C12H10O3/c1-8(13)9-5-10(7-11(14)6-9)12-3-2-4-15-12/h2-7,14H,1H3. The number of hydrogen-bond acceptors (Lipinski definition) is 3. The zero-order valence-corrected chi connectivity index (χ0v) is 8.23. The van der Waals surface area contributed by atoms with Crippen LogP contribution in [0.5, 0.6) is 5.75 Å². The first-order valence-corrected chi connectivity index (χ1v) is 4.55. The quantitative estimate of drug-likeness (QED) is 0.762. The van der Waals surface area contributed by atoms with Gasteiger partial charge in [-0.05, 0) is 37.3 Å². The molecule has 15 heavy (non-hydrogen) atoms. The summed E-state index contributed by atoms with van der Waals surface area (Å²) in [7, 11) is 0. The number of carbonyl (C=O) groups is 1. The fraction of sp³-hybridized carbons (Fsp3) is 0.0833. The molecule has 0 unspecified atom stereocenters. The molecule has 1 aromatic heterocycles. The molecule has 0 aliphatic carbocycles. The van der Waals surface area contributed by atoms with E-state index in [0.717, 1.165) is 0 Å². The first-order valence-electron chi connectivity index (χ1n) is 4.55. The lowest BCUT2D eigenvalue weighted by atomic mass is 10.1. The van der Waals surface area contributed by atoms with Crippen molar-refractivity contribution >= 4 is 5.78 Å². The van der Waals surface area contributed by atoms with Crippen LogP contribution < -0.4 is 0 Å². The van der Waals surface area contributed by atoms with Crippen LogP contribution in [0.3, 0.4) is 0 Å². The van der Waals surface area contributed by atoms with E-state index < -0.39 is 0 Å². The van der Waals surface area contributed by atoms with Gasteiger partial charge in [0.05, 0.1) is 6.26 Å². The second-order valence-corrected chi connectivity index (χ2v) is 3.30. The maximum atomic E-state index is 11.2. The van der Waals surface area contributed by atoms with E-state index in [2.05, 4.69) is 0 Å². The number of furan rings is 1. The minimum Gasteiger partial charge on any atom is -0.508 e. The number of ketones is 1. The molecule has 0 aliphatic heterocycles. The van der Waals surface area contributed by atoms with Crippen LogP contribution in [-0.4, -0.2) is 10.9 Å². The Hall–Kier alpha value is -2.03. The predicted octanol–water partition coefficient (Wildman–Crippen LogP) is 2.85. The van der Waals surface area contributed by atoms with Gasteiger partial charge in [-0.2, -0.15) is 0 Å². The molecule has 76 valence electrons. The van der Waals surface area contributed by atoms with Crippen LogP contribution in [0.15, 0.2) is 41.0 Å². The fourth-order valence-corrected chi connectivity index (χ4v) is 1.40. The van der Waals surface area contributed by atoms with Gasteiger partial charge < -0.3 is 9.52 Å². The zero-order chi connectivity index (χ0) is 10.8. The van der Waals surface area contributed by atoms with E-state index in [1.807, 2.05) is 0 Å². The second kappa shape index (κ2) is 3.61. The van der Waals surface area contributed by atoms with Gasteiger partial charge >= 0.3 is 0 Å². The lowest BCUT2D eigenvalue weighted by Gasteiger charge is -2.01. The zero-order valence-electron chi connectivity index (χ0n) is 8.23. The number of aromatic hydroxyl groups is 1. The van der Waals surface area contributed by atoms with E-state index in [0.29, 0.717) is 16.9 Å². The molecule has 0 amide bonds. The molecular formula is C12H10O3. The summed E-state index contributed by atoms with van der Waals surface area (Å²) in [5.74, 6) is 0.612. The summed E-state index contributed by atoms with van der Waals surface area (Å²) in [5.41, 5.74) is 1.17. The van der Waals surface area contributed by atoms with Gasteiger partial charge in [0.15, 0.2) is 5.78 Å². The van der Waals surface area contributed by atoms with Gasteiger partial charge in [0, 0.05) is 11.1 Å². The molecule has 0 fully saturated rings. The molecular weight excluding hydrogens is 192 g/mol. The third kappa shape index (κ3) is 1.91. The first kappa shape index (κ1) is 9.52. The average molecular weight is 202 g/mol. The van der Waals surface area contributed by atoms with Crippen molar-refractivity contribution in [3.05, 3.63) is 42.2 Å². The molecule has 3 heteroatoms. The number of Topliss-reactive ketones (excluding diaryl/α,β-unsaturated/α-hetero) is 1. The molecule has 1 heterocycles. The monoisotopic (exact) mass is 202 g/mol. The Morgan fingerprint density at radius 2 is 2.13 bits per heavy atom.